The highest BCUT2D eigenvalue weighted by atomic mass is 16.3. The van der Waals surface area contributed by atoms with Crippen molar-refractivity contribution in [2.45, 2.75) is 118 Å². The Morgan fingerprint density at radius 2 is 1.31 bits per heavy atom. The predicted molar refractivity (Wildman–Crippen MR) is 138 cm³/mol. The smallest absolute Gasteiger partial charge is 0.123 e. The van der Waals surface area contributed by atoms with Crippen LogP contribution in [0, 0.1) is 6.92 Å². The SMILES string of the molecule is CCCCCCCCc1c(C)c(CCCC)c(C(C)(C)C)c(O)c1Cc1ccccc1O. The average molecular weight is 439 g/mol. The quantitative estimate of drug-likeness (QED) is 0.326. The normalized spacial score (nSPS) is 11.8. The molecule has 2 nitrogen and oxygen atoms in total. The summed E-state index contributed by atoms with van der Waals surface area (Å²) in [6.07, 6.45) is 12.5. The van der Waals surface area contributed by atoms with E-state index < -0.39 is 0 Å². The second kappa shape index (κ2) is 12.3. The minimum Gasteiger partial charge on any atom is -0.508 e. The third kappa shape index (κ3) is 6.77. The van der Waals surface area contributed by atoms with E-state index in [0.29, 0.717) is 17.9 Å². The maximum atomic E-state index is 11.7. The topological polar surface area (TPSA) is 40.5 Å². The van der Waals surface area contributed by atoms with Gasteiger partial charge >= 0.3 is 0 Å². The molecule has 178 valence electrons. The van der Waals surface area contributed by atoms with E-state index in [1.165, 1.54) is 48.8 Å². The highest BCUT2D eigenvalue weighted by Crippen LogP contribution is 2.43. The monoisotopic (exact) mass is 438 g/mol. The number of benzene rings is 2. The molecule has 0 aromatic heterocycles. The zero-order valence-electron chi connectivity index (χ0n) is 21.5. The van der Waals surface area contributed by atoms with E-state index in [9.17, 15) is 10.2 Å². The number of hydrogen-bond donors (Lipinski definition) is 2. The molecule has 0 atom stereocenters. The summed E-state index contributed by atoms with van der Waals surface area (Å²) in [6, 6.07) is 7.54. The van der Waals surface area contributed by atoms with Gasteiger partial charge in [0.15, 0.2) is 0 Å². The van der Waals surface area contributed by atoms with Gasteiger partial charge in [-0.05, 0) is 66.3 Å². The molecule has 0 spiro atoms. The Labute approximate surface area is 197 Å². The summed E-state index contributed by atoms with van der Waals surface area (Å²) in [5.74, 6) is 0.765. The standard InChI is InChI=1S/C30H46O2/c1-7-9-11-12-13-14-19-24-22(3)25(18-10-8-2)28(30(4,5)6)29(32)26(24)21-23-17-15-16-20-27(23)31/h15-17,20,31-32H,7-14,18-19,21H2,1-6H3. The summed E-state index contributed by atoms with van der Waals surface area (Å²) in [6.45, 7) is 13.4. The van der Waals surface area contributed by atoms with Crippen molar-refractivity contribution < 1.29 is 10.2 Å². The molecular weight excluding hydrogens is 392 g/mol. The molecule has 2 aromatic carbocycles. The van der Waals surface area contributed by atoms with Gasteiger partial charge in [-0.15, -0.1) is 0 Å². The fourth-order valence-electron chi connectivity index (χ4n) is 4.97. The minimum absolute atomic E-state index is 0.135. The Morgan fingerprint density at radius 3 is 1.94 bits per heavy atom. The zero-order valence-corrected chi connectivity index (χ0v) is 21.5. The number of para-hydroxylation sites is 1. The van der Waals surface area contributed by atoms with E-state index in [2.05, 4.69) is 41.5 Å². The van der Waals surface area contributed by atoms with Crippen LogP contribution in [-0.2, 0) is 24.7 Å². The Bertz CT molecular complexity index is 858. The van der Waals surface area contributed by atoms with Crippen molar-refractivity contribution in [3.63, 3.8) is 0 Å². The van der Waals surface area contributed by atoms with Crippen LogP contribution in [0.4, 0.5) is 0 Å². The first-order valence-electron chi connectivity index (χ1n) is 12.9. The fourth-order valence-corrected chi connectivity index (χ4v) is 4.97. The summed E-state index contributed by atoms with van der Waals surface area (Å²) in [5, 5.41) is 22.1. The van der Waals surface area contributed by atoms with Gasteiger partial charge in [0, 0.05) is 17.5 Å². The van der Waals surface area contributed by atoms with Crippen molar-refractivity contribution in [2.75, 3.05) is 0 Å². The Kier molecular flexibility index (Phi) is 10.1. The first kappa shape index (κ1) is 26.3. The van der Waals surface area contributed by atoms with Crippen LogP contribution >= 0.6 is 0 Å². The van der Waals surface area contributed by atoms with Crippen LogP contribution in [0.25, 0.3) is 0 Å². The molecule has 0 amide bonds. The van der Waals surface area contributed by atoms with E-state index in [1.54, 1.807) is 6.07 Å². The number of aromatic hydroxyl groups is 2. The molecule has 2 rings (SSSR count). The van der Waals surface area contributed by atoms with Gasteiger partial charge in [-0.25, -0.2) is 0 Å². The van der Waals surface area contributed by atoms with Crippen LogP contribution in [0.5, 0.6) is 11.5 Å². The molecule has 0 aliphatic rings. The van der Waals surface area contributed by atoms with Crippen molar-refractivity contribution in [1.82, 2.24) is 0 Å². The third-order valence-electron chi connectivity index (χ3n) is 6.76. The molecule has 0 unspecified atom stereocenters. The number of phenolic OH excluding ortho intramolecular Hbond substituents is 2. The van der Waals surface area contributed by atoms with Crippen LogP contribution in [0.3, 0.4) is 0 Å². The lowest BCUT2D eigenvalue weighted by atomic mass is 9.75. The maximum absolute atomic E-state index is 11.7. The number of hydrogen-bond acceptors (Lipinski definition) is 2. The summed E-state index contributed by atoms with van der Waals surface area (Å²) in [5.41, 5.74) is 6.87. The number of phenols is 2. The van der Waals surface area contributed by atoms with Crippen LogP contribution in [0.2, 0.25) is 0 Å². The van der Waals surface area contributed by atoms with E-state index in [0.717, 1.165) is 48.8 Å². The summed E-state index contributed by atoms with van der Waals surface area (Å²) < 4.78 is 0. The van der Waals surface area contributed by atoms with E-state index in [4.69, 9.17) is 0 Å². The molecule has 0 radical (unpaired) electrons. The fraction of sp³-hybridized carbons (Fsp3) is 0.600. The van der Waals surface area contributed by atoms with Gasteiger partial charge in [-0.2, -0.15) is 0 Å². The van der Waals surface area contributed by atoms with Gasteiger partial charge in [0.05, 0.1) is 0 Å². The van der Waals surface area contributed by atoms with Gasteiger partial charge in [-0.3, -0.25) is 0 Å². The zero-order chi connectivity index (χ0) is 23.7. The van der Waals surface area contributed by atoms with Gasteiger partial charge in [0.25, 0.3) is 0 Å². The second-order valence-electron chi connectivity index (χ2n) is 10.5. The van der Waals surface area contributed by atoms with Gasteiger partial charge in [0.2, 0.25) is 0 Å². The van der Waals surface area contributed by atoms with E-state index in [-0.39, 0.29) is 5.41 Å². The lowest BCUT2D eigenvalue weighted by Gasteiger charge is -2.30. The summed E-state index contributed by atoms with van der Waals surface area (Å²) in [4.78, 5) is 0. The molecule has 2 N–H and O–H groups in total. The molecule has 0 saturated carbocycles. The maximum Gasteiger partial charge on any atom is 0.123 e. The number of rotatable bonds is 12. The van der Waals surface area contributed by atoms with Crippen LogP contribution in [0.1, 0.15) is 119 Å². The average Bonchev–Trinajstić information content (AvgIpc) is 2.73. The summed E-state index contributed by atoms with van der Waals surface area (Å²) >= 11 is 0. The lowest BCUT2D eigenvalue weighted by molar-refractivity contribution is 0.435. The first-order chi connectivity index (χ1) is 15.2. The largest absolute Gasteiger partial charge is 0.508 e. The van der Waals surface area contributed by atoms with Crippen LogP contribution in [0.15, 0.2) is 24.3 Å². The minimum atomic E-state index is -0.135. The lowest BCUT2D eigenvalue weighted by Crippen LogP contribution is -2.19. The Hall–Kier alpha value is -1.96. The van der Waals surface area contributed by atoms with Crippen molar-refractivity contribution in [2.24, 2.45) is 0 Å². The Balaban J connectivity index is 2.53. The van der Waals surface area contributed by atoms with Gasteiger partial charge < -0.3 is 10.2 Å². The van der Waals surface area contributed by atoms with Crippen molar-refractivity contribution in [3.05, 3.63) is 57.6 Å². The van der Waals surface area contributed by atoms with E-state index >= 15 is 0 Å². The molecule has 0 heterocycles. The highest BCUT2D eigenvalue weighted by Gasteiger charge is 2.28. The molecule has 0 fully saturated rings. The second-order valence-corrected chi connectivity index (χ2v) is 10.5. The van der Waals surface area contributed by atoms with Gasteiger partial charge in [-0.1, -0.05) is 91.3 Å². The van der Waals surface area contributed by atoms with Gasteiger partial charge in [0.1, 0.15) is 11.5 Å². The van der Waals surface area contributed by atoms with Crippen molar-refractivity contribution in [1.29, 1.82) is 0 Å². The Morgan fingerprint density at radius 1 is 0.719 bits per heavy atom. The molecule has 0 saturated heterocycles. The molecule has 2 heteroatoms. The molecule has 2 aromatic rings. The highest BCUT2D eigenvalue weighted by molar-refractivity contribution is 5.59. The predicted octanol–water partition coefficient (Wildman–Crippen LogP) is 8.54. The summed E-state index contributed by atoms with van der Waals surface area (Å²) in [7, 11) is 0. The van der Waals surface area contributed by atoms with Crippen LogP contribution in [-0.4, -0.2) is 10.2 Å². The number of unbranched alkanes of at least 4 members (excludes halogenated alkanes) is 6. The van der Waals surface area contributed by atoms with Crippen molar-refractivity contribution >= 4 is 0 Å². The third-order valence-corrected chi connectivity index (χ3v) is 6.76. The molecule has 0 aliphatic heterocycles. The molecule has 32 heavy (non-hydrogen) atoms. The first-order valence-corrected chi connectivity index (χ1v) is 12.9. The molecular formula is C30H46O2. The van der Waals surface area contributed by atoms with Crippen molar-refractivity contribution in [3.8, 4) is 11.5 Å². The van der Waals surface area contributed by atoms with E-state index in [1.807, 2.05) is 18.2 Å². The molecule has 0 bridgehead atoms. The van der Waals surface area contributed by atoms with Crippen LogP contribution < -0.4 is 0 Å². The molecule has 0 aliphatic carbocycles.